The van der Waals surface area contributed by atoms with Gasteiger partial charge in [0.1, 0.15) is 12.2 Å². The van der Waals surface area contributed by atoms with E-state index in [2.05, 4.69) is 0 Å². The molecule has 0 saturated carbocycles. The summed E-state index contributed by atoms with van der Waals surface area (Å²) in [5.41, 5.74) is 2.19. The molecular formula is C29H22O5S. The van der Waals surface area contributed by atoms with Crippen molar-refractivity contribution in [3.8, 4) is 11.5 Å². The van der Waals surface area contributed by atoms with E-state index in [0.717, 1.165) is 21.2 Å². The summed E-state index contributed by atoms with van der Waals surface area (Å²) in [5, 5.41) is 2.11. The number of rotatable bonds is 7. The van der Waals surface area contributed by atoms with Gasteiger partial charge in [-0.05, 0) is 30.0 Å². The van der Waals surface area contributed by atoms with Gasteiger partial charge in [0.15, 0.2) is 17.3 Å². The van der Waals surface area contributed by atoms with Crippen molar-refractivity contribution in [3.63, 3.8) is 0 Å². The van der Waals surface area contributed by atoms with Gasteiger partial charge in [-0.15, -0.1) is 11.8 Å². The van der Waals surface area contributed by atoms with E-state index < -0.39 is 5.63 Å². The van der Waals surface area contributed by atoms with Crippen LogP contribution in [0, 0.1) is 0 Å². The van der Waals surface area contributed by atoms with Crippen molar-refractivity contribution in [2.24, 2.45) is 0 Å². The highest BCUT2D eigenvalue weighted by Crippen LogP contribution is 2.36. The highest BCUT2D eigenvalue weighted by atomic mass is 32.2. The second kappa shape index (κ2) is 9.68. The summed E-state index contributed by atoms with van der Waals surface area (Å²) in [6.07, 6.45) is 1.96. The summed E-state index contributed by atoms with van der Waals surface area (Å²) < 4.78 is 17.2. The first-order valence-corrected chi connectivity index (χ1v) is 12.2. The first-order chi connectivity index (χ1) is 17.1. The minimum absolute atomic E-state index is 0.0267. The fourth-order valence-electron chi connectivity index (χ4n) is 3.99. The standard InChI is InChI=1S/C29H22O5S/c1-32-26-15-23-22-13-12-21(35-2)14-24(22)29(31)34-25(23)16-27(26)33-17-18-8-10-20(11-9-18)28(30)19-6-4-3-5-7-19/h3-16H,17H2,1-2H3. The summed E-state index contributed by atoms with van der Waals surface area (Å²) in [5.74, 6) is 0.978. The highest BCUT2D eigenvalue weighted by Gasteiger charge is 2.14. The molecule has 0 radical (unpaired) electrons. The SMILES string of the molecule is COc1cc2c(cc1OCc1ccc(C(=O)c3ccccc3)cc1)oc(=O)c1cc(SC)ccc12. The highest BCUT2D eigenvalue weighted by molar-refractivity contribution is 7.98. The minimum Gasteiger partial charge on any atom is -0.493 e. The van der Waals surface area contributed by atoms with Crippen LogP contribution < -0.4 is 15.1 Å². The Kier molecular flexibility index (Phi) is 6.29. The summed E-state index contributed by atoms with van der Waals surface area (Å²) in [7, 11) is 1.57. The monoisotopic (exact) mass is 482 g/mol. The normalized spacial score (nSPS) is 11.0. The Bertz CT molecular complexity index is 1590. The van der Waals surface area contributed by atoms with Crippen LogP contribution in [0.2, 0.25) is 0 Å². The number of carbonyl (C=O) groups is 1. The lowest BCUT2D eigenvalue weighted by Gasteiger charge is -2.13. The Morgan fingerprint density at radius 3 is 2.29 bits per heavy atom. The number of hydrogen-bond acceptors (Lipinski definition) is 6. The van der Waals surface area contributed by atoms with Gasteiger partial charge in [0.05, 0.1) is 12.5 Å². The molecule has 4 aromatic carbocycles. The van der Waals surface area contributed by atoms with Gasteiger partial charge in [0.2, 0.25) is 0 Å². The van der Waals surface area contributed by atoms with E-state index in [-0.39, 0.29) is 12.4 Å². The first-order valence-electron chi connectivity index (χ1n) is 11.0. The van der Waals surface area contributed by atoms with Gasteiger partial charge in [0.25, 0.3) is 0 Å². The smallest absolute Gasteiger partial charge is 0.344 e. The second-order valence-corrected chi connectivity index (χ2v) is 8.86. The summed E-state index contributed by atoms with van der Waals surface area (Å²) in [6.45, 7) is 0.260. The van der Waals surface area contributed by atoms with E-state index in [4.69, 9.17) is 13.9 Å². The quantitative estimate of drug-likeness (QED) is 0.114. The van der Waals surface area contributed by atoms with Crippen molar-refractivity contribution in [2.45, 2.75) is 11.5 Å². The number of hydrogen-bond donors (Lipinski definition) is 0. The van der Waals surface area contributed by atoms with Gasteiger partial charge < -0.3 is 13.9 Å². The van der Waals surface area contributed by atoms with Crippen LogP contribution in [-0.4, -0.2) is 19.1 Å². The van der Waals surface area contributed by atoms with Crippen LogP contribution in [0.25, 0.3) is 21.7 Å². The van der Waals surface area contributed by atoms with E-state index in [9.17, 15) is 9.59 Å². The molecule has 1 aromatic heterocycles. The number of thioether (sulfide) groups is 1. The molecule has 5 nitrogen and oxygen atoms in total. The molecule has 0 aliphatic carbocycles. The van der Waals surface area contributed by atoms with Crippen LogP contribution in [0.15, 0.2) is 99.0 Å². The van der Waals surface area contributed by atoms with Crippen molar-refractivity contribution in [3.05, 3.63) is 112 Å². The molecule has 6 heteroatoms. The Morgan fingerprint density at radius 1 is 0.829 bits per heavy atom. The zero-order valence-electron chi connectivity index (χ0n) is 19.2. The molecule has 1 heterocycles. The minimum atomic E-state index is -0.391. The van der Waals surface area contributed by atoms with E-state index in [1.807, 2.05) is 60.9 Å². The predicted molar refractivity (Wildman–Crippen MR) is 139 cm³/mol. The molecule has 174 valence electrons. The molecule has 5 rings (SSSR count). The zero-order valence-corrected chi connectivity index (χ0v) is 20.1. The number of carbonyl (C=O) groups excluding carboxylic acids is 1. The maximum atomic E-state index is 12.6. The fraction of sp³-hybridized carbons (Fsp3) is 0.103. The molecule has 0 spiro atoms. The molecule has 0 unspecified atom stereocenters. The van der Waals surface area contributed by atoms with Crippen LogP contribution in [0.4, 0.5) is 0 Å². The molecule has 0 N–H and O–H groups in total. The molecule has 0 aliphatic heterocycles. The average molecular weight is 483 g/mol. The lowest BCUT2D eigenvalue weighted by molar-refractivity contribution is 0.103. The van der Waals surface area contributed by atoms with Gasteiger partial charge in [-0.1, -0.05) is 60.7 Å². The van der Waals surface area contributed by atoms with Crippen molar-refractivity contribution < 1.29 is 18.7 Å². The molecule has 0 amide bonds. The van der Waals surface area contributed by atoms with Gasteiger partial charge in [-0.2, -0.15) is 0 Å². The Balaban J connectivity index is 1.41. The van der Waals surface area contributed by atoms with Crippen LogP contribution in [-0.2, 0) is 6.61 Å². The number of benzene rings is 4. The predicted octanol–water partition coefficient (Wildman–Crippen LogP) is 6.49. The topological polar surface area (TPSA) is 65.7 Å². The third kappa shape index (κ3) is 4.53. The molecule has 0 saturated heterocycles. The fourth-order valence-corrected chi connectivity index (χ4v) is 4.43. The van der Waals surface area contributed by atoms with Gasteiger partial charge in [0, 0.05) is 32.9 Å². The third-order valence-electron chi connectivity index (χ3n) is 5.85. The number of ketones is 1. The molecule has 35 heavy (non-hydrogen) atoms. The van der Waals surface area contributed by atoms with Crippen molar-refractivity contribution in [2.75, 3.05) is 13.4 Å². The summed E-state index contributed by atoms with van der Waals surface area (Å²) in [4.78, 5) is 26.2. The molecule has 0 fully saturated rings. The number of ether oxygens (including phenoxy) is 2. The van der Waals surface area contributed by atoms with Crippen molar-refractivity contribution in [1.29, 1.82) is 0 Å². The van der Waals surface area contributed by atoms with E-state index in [1.165, 1.54) is 0 Å². The van der Waals surface area contributed by atoms with E-state index in [1.54, 1.807) is 49.2 Å². The molecule has 0 aliphatic rings. The van der Waals surface area contributed by atoms with Crippen molar-refractivity contribution >= 4 is 39.3 Å². The lowest BCUT2D eigenvalue weighted by atomic mass is 10.0. The largest absolute Gasteiger partial charge is 0.493 e. The first kappa shape index (κ1) is 22.7. The Hall–Kier alpha value is -4.03. The Labute approximate surface area is 206 Å². The molecule has 0 bridgehead atoms. The van der Waals surface area contributed by atoms with E-state index in [0.29, 0.717) is 33.6 Å². The average Bonchev–Trinajstić information content (AvgIpc) is 2.91. The van der Waals surface area contributed by atoms with Crippen molar-refractivity contribution in [1.82, 2.24) is 0 Å². The molecule has 0 atom stereocenters. The summed E-state index contributed by atoms with van der Waals surface area (Å²) >= 11 is 1.57. The van der Waals surface area contributed by atoms with Gasteiger partial charge in [-0.25, -0.2) is 4.79 Å². The van der Waals surface area contributed by atoms with Crippen LogP contribution >= 0.6 is 11.8 Å². The van der Waals surface area contributed by atoms with E-state index >= 15 is 0 Å². The van der Waals surface area contributed by atoms with Crippen LogP contribution in [0.1, 0.15) is 21.5 Å². The third-order valence-corrected chi connectivity index (χ3v) is 6.58. The number of methoxy groups -OCH3 is 1. The summed E-state index contributed by atoms with van der Waals surface area (Å²) in [6, 6.07) is 25.7. The van der Waals surface area contributed by atoms with Crippen LogP contribution in [0.5, 0.6) is 11.5 Å². The number of fused-ring (bicyclic) bond motifs is 3. The zero-order chi connectivity index (χ0) is 24.4. The Morgan fingerprint density at radius 2 is 1.57 bits per heavy atom. The van der Waals surface area contributed by atoms with Gasteiger partial charge >= 0.3 is 5.63 Å². The maximum absolute atomic E-state index is 12.6. The van der Waals surface area contributed by atoms with Gasteiger partial charge in [-0.3, -0.25) is 4.79 Å². The van der Waals surface area contributed by atoms with Crippen LogP contribution in [0.3, 0.4) is 0 Å². The maximum Gasteiger partial charge on any atom is 0.344 e. The molecule has 5 aromatic rings. The second-order valence-electron chi connectivity index (χ2n) is 7.98. The molecular weight excluding hydrogens is 460 g/mol. The lowest BCUT2D eigenvalue weighted by Crippen LogP contribution is -2.03.